The van der Waals surface area contributed by atoms with Gasteiger partial charge in [0, 0.05) is 12.6 Å². The highest BCUT2D eigenvalue weighted by molar-refractivity contribution is 5.76. The number of aromatic nitrogens is 2. The van der Waals surface area contributed by atoms with E-state index in [0.717, 1.165) is 25.0 Å². The number of hydrogen-bond acceptors (Lipinski definition) is 4. The van der Waals surface area contributed by atoms with Crippen LogP contribution < -0.4 is 5.32 Å². The van der Waals surface area contributed by atoms with E-state index >= 15 is 0 Å². The van der Waals surface area contributed by atoms with Gasteiger partial charge in [0.1, 0.15) is 6.10 Å². The monoisotopic (exact) mass is 351 g/mol. The number of hydrogen-bond donors (Lipinski definition) is 4. The van der Waals surface area contributed by atoms with Crippen LogP contribution in [-0.2, 0) is 11.2 Å². The van der Waals surface area contributed by atoms with E-state index in [1.165, 1.54) is 19.3 Å². The number of H-pyrrole nitrogens is 1. The van der Waals surface area contributed by atoms with E-state index in [1.807, 2.05) is 13.8 Å². The summed E-state index contributed by atoms with van der Waals surface area (Å²) in [5.41, 5.74) is 0.849. The lowest BCUT2D eigenvalue weighted by molar-refractivity contribution is -0.124. The third kappa shape index (κ3) is 6.44. The molecule has 0 spiro atoms. The molecule has 4 N–H and O–H groups in total. The predicted octanol–water partition coefficient (Wildman–Crippen LogP) is 2.18. The number of carbonyl (C=O) groups is 1. The minimum absolute atomic E-state index is 0.0511. The summed E-state index contributed by atoms with van der Waals surface area (Å²) in [5, 5.41) is 23.8. The Morgan fingerprint density at radius 1 is 1.28 bits per heavy atom. The van der Waals surface area contributed by atoms with Crippen LogP contribution in [0.2, 0.25) is 0 Å². The molecule has 0 unspecified atom stereocenters. The number of nitrogens with zero attached hydrogens (tertiary/aromatic N) is 1. The van der Waals surface area contributed by atoms with Gasteiger partial charge in [-0.3, -0.25) is 4.79 Å². The summed E-state index contributed by atoms with van der Waals surface area (Å²) >= 11 is 0. The van der Waals surface area contributed by atoms with Gasteiger partial charge in [-0.1, -0.05) is 46.0 Å². The largest absolute Gasteiger partial charge is 0.390 e. The fraction of sp³-hybridized carbons (Fsp3) is 0.789. The molecule has 1 fully saturated rings. The first kappa shape index (κ1) is 19.9. The van der Waals surface area contributed by atoms with E-state index in [2.05, 4.69) is 15.3 Å². The van der Waals surface area contributed by atoms with Crippen molar-refractivity contribution in [2.45, 2.75) is 83.5 Å². The minimum atomic E-state index is -0.934. The van der Waals surface area contributed by atoms with Crippen LogP contribution in [0.4, 0.5) is 0 Å². The minimum Gasteiger partial charge on any atom is -0.390 e. The Labute approximate surface area is 150 Å². The molecule has 0 aromatic carbocycles. The van der Waals surface area contributed by atoms with Gasteiger partial charge in [0.15, 0.2) is 0 Å². The topological polar surface area (TPSA) is 98.2 Å². The average molecular weight is 351 g/mol. The van der Waals surface area contributed by atoms with E-state index in [0.29, 0.717) is 18.8 Å². The molecular formula is C19H33N3O3. The summed E-state index contributed by atoms with van der Waals surface area (Å²) in [6.07, 6.45) is 9.23. The quantitative estimate of drug-likeness (QED) is 0.548. The summed E-state index contributed by atoms with van der Waals surface area (Å²) in [4.78, 5) is 19.3. The molecule has 1 heterocycles. The first-order valence-electron chi connectivity index (χ1n) is 9.60. The molecule has 3 atom stereocenters. The molecule has 2 rings (SSSR count). The van der Waals surface area contributed by atoms with Crippen molar-refractivity contribution in [3.63, 3.8) is 0 Å². The smallest absolute Gasteiger partial charge is 0.220 e. The number of aromatic amines is 1. The molecule has 0 radical (unpaired) electrons. The Kier molecular flexibility index (Phi) is 7.90. The van der Waals surface area contributed by atoms with E-state index < -0.39 is 18.2 Å². The van der Waals surface area contributed by atoms with Crippen LogP contribution in [0, 0.1) is 11.8 Å². The normalized spacial score (nSPS) is 19.6. The molecule has 1 aromatic heterocycles. The van der Waals surface area contributed by atoms with Crippen LogP contribution >= 0.6 is 0 Å². The van der Waals surface area contributed by atoms with E-state index in [-0.39, 0.29) is 11.8 Å². The van der Waals surface area contributed by atoms with Crippen LogP contribution in [0.1, 0.15) is 64.5 Å². The van der Waals surface area contributed by atoms with E-state index in [4.69, 9.17) is 0 Å². The molecule has 6 heteroatoms. The number of nitrogens with one attached hydrogen (secondary N) is 2. The van der Waals surface area contributed by atoms with Crippen molar-refractivity contribution in [2.75, 3.05) is 0 Å². The van der Waals surface area contributed by atoms with Gasteiger partial charge in [0.25, 0.3) is 0 Å². The van der Waals surface area contributed by atoms with Crippen LogP contribution in [0.25, 0.3) is 0 Å². The second kappa shape index (κ2) is 9.92. The Hall–Kier alpha value is -1.40. The summed E-state index contributed by atoms with van der Waals surface area (Å²) in [5.74, 6) is 0.364. The first-order chi connectivity index (χ1) is 12.0. The van der Waals surface area contributed by atoms with Gasteiger partial charge in [-0.15, -0.1) is 0 Å². The highest BCUT2D eigenvalue weighted by Gasteiger charge is 2.31. The molecule has 142 valence electrons. The second-order valence-corrected chi connectivity index (χ2v) is 7.70. The maximum atomic E-state index is 12.3. The summed E-state index contributed by atoms with van der Waals surface area (Å²) < 4.78 is 0. The molecule has 0 saturated heterocycles. The molecular weight excluding hydrogens is 318 g/mol. The van der Waals surface area contributed by atoms with Crippen molar-refractivity contribution < 1.29 is 15.0 Å². The fourth-order valence-electron chi connectivity index (χ4n) is 3.65. The van der Waals surface area contributed by atoms with Crippen LogP contribution in [0.3, 0.4) is 0 Å². The van der Waals surface area contributed by atoms with Gasteiger partial charge in [-0.25, -0.2) is 4.98 Å². The predicted molar refractivity (Wildman–Crippen MR) is 96.9 cm³/mol. The highest BCUT2D eigenvalue weighted by Crippen LogP contribution is 2.29. The van der Waals surface area contributed by atoms with Gasteiger partial charge >= 0.3 is 0 Å². The van der Waals surface area contributed by atoms with E-state index in [1.54, 1.807) is 12.5 Å². The number of aliphatic hydroxyl groups is 2. The van der Waals surface area contributed by atoms with Gasteiger partial charge in [0.2, 0.25) is 5.91 Å². The van der Waals surface area contributed by atoms with Crippen molar-refractivity contribution >= 4 is 5.91 Å². The van der Waals surface area contributed by atoms with Crippen LogP contribution in [-0.4, -0.2) is 44.3 Å². The molecule has 0 aliphatic heterocycles. The third-order valence-corrected chi connectivity index (χ3v) is 5.27. The molecule has 1 aliphatic carbocycles. The van der Waals surface area contributed by atoms with Crippen LogP contribution in [0.5, 0.6) is 0 Å². The fourth-order valence-corrected chi connectivity index (χ4v) is 3.65. The van der Waals surface area contributed by atoms with Crippen molar-refractivity contribution in [3.8, 4) is 0 Å². The summed E-state index contributed by atoms with van der Waals surface area (Å²) in [6.45, 7) is 3.76. The number of aryl methyl sites for hydroxylation is 1. The number of imidazole rings is 1. The molecule has 1 saturated carbocycles. The molecule has 6 nitrogen and oxygen atoms in total. The standard InChI is InChI=1S/C19H33N3O3/c1-13(2)18(24)19(25)16(10-14-6-4-3-5-7-14)22-17(23)9-8-15-11-20-12-21-15/h11-14,16,18-19,24-25H,3-10H2,1-2H3,(H,20,21)(H,22,23)/t16-,18-,19+/m1/s1. The lowest BCUT2D eigenvalue weighted by Crippen LogP contribution is -2.51. The summed E-state index contributed by atoms with van der Waals surface area (Å²) in [6, 6.07) is -0.396. The SMILES string of the molecule is CC(C)[C@@H](O)[C@@H](O)[C@@H](CC1CCCCC1)NC(=O)CCc1c[nH]cn1. The van der Waals surface area contributed by atoms with Crippen molar-refractivity contribution in [2.24, 2.45) is 11.8 Å². The van der Waals surface area contributed by atoms with Crippen molar-refractivity contribution in [1.82, 2.24) is 15.3 Å². The van der Waals surface area contributed by atoms with Crippen molar-refractivity contribution in [1.29, 1.82) is 0 Å². The maximum absolute atomic E-state index is 12.3. The second-order valence-electron chi connectivity index (χ2n) is 7.70. The highest BCUT2D eigenvalue weighted by atomic mass is 16.3. The van der Waals surface area contributed by atoms with Crippen molar-refractivity contribution in [3.05, 3.63) is 18.2 Å². The lowest BCUT2D eigenvalue weighted by atomic mass is 9.82. The summed E-state index contributed by atoms with van der Waals surface area (Å²) in [7, 11) is 0. The number of aliphatic hydroxyl groups excluding tert-OH is 2. The van der Waals surface area contributed by atoms with Gasteiger partial charge < -0.3 is 20.5 Å². The molecule has 1 aromatic rings. The molecule has 1 amide bonds. The Morgan fingerprint density at radius 2 is 2.00 bits per heavy atom. The maximum Gasteiger partial charge on any atom is 0.220 e. The number of carbonyl (C=O) groups excluding carboxylic acids is 1. The zero-order chi connectivity index (χ0) is 18.2. The molecule has 1 aliphatic rings. The lowest BCUT2D eigenvalue weighted by Gasteiger charge is -2.33. The Morgan fingerprint density at radius 3 is 2.60 bits per heavy atom. The first-order valence-corrected chi connectivity index (χ1v) is 9.60. The number of amides is 1. The third-order valence-electron chi connectivity index (χ3n) is 5.27. The van der Waals surface area contributed by atoms with Gasteiger partial charge in [0.05, 0.1) is 24.2 Å². The van der Waals surface area contributed by atoms with E-state index in [9.17, 15) is 15.0 Å². The average Bonchev–Trinajstić information content (AvgIpc) is 3.12. The van der Waals surface area contributed by atoms with Gasteiger partial charge in [-0.2, -0.15) is 0 Å². The zero-order valence-corrected chi connectivity index (χ0v) is 15.4. The molecule has 25 heavy (non-hydrogen) atoms. The Balaban J connectivity index is 1.92. The Bertz CT molecular complexity index is 498. The zero-order valence-electron chi connectivity index (χ0n) is 15.4. The van der Waals surface area contributed by atoms with Crippen LogP contribution in [0.15, 0.2) is 12.5 Å². The molecule has 0 bridgehead atoms. The van der Waals surface area contributed by atoms with Gasteiger partial charge in [-0.05, 0) is 24.7 Å². The number of rotatable bonds is 9.